The minimum Gasteiger partial charge on any atom is -0.477 e. The second-order valence-electron chi connectivity index (χ2n) is 2.46. The molecule has 6 nitrogen and oxygen atoms in total. The lowest BCUT2D eigenvalue weighted by molar-refractivity contribution is 0.0680. The molecule has 13 heavy (non-hydrogen) atoms. The Hall–Kier alpha value is -1.56. The molecule has 0 spiro atoms. The molecule has 0 bridgehead atoms. The molecular weight excluding hydrogens is 176 g/mol. The second-order valence-corrected chi connectivity index (χ2v) is 2.46. The number of H-pyrrole nitrogens is 1. The number of carboxylic acids is 1. The van der Waals surface area contributed by atoms with E-state index in [1.54, 1.807) is 0 Å². The molecule has 0 unspecified atom stereocenters. The van der Waals surface area contributed by atoms with Crippen LogP contribution in [0.1, 0.15) is 10.5 Å². The van der Waals surface area contributed by atoms with Gasteiger partial charge in [-0.25, -0.2) is 4.79 Å². The molecule has 0 saturated carbocycles. The average molecular weight is 186 g/mol. The van der Waals surface area contributed by atoms with Crippen molar-refractivity contribution in [1.29, 1.82) is 0 Å². The maximum atomic E-state index is 10.8. The normalized spacial score (nSPS) is 10.2. The van der Waals surface area contributed by atoms with Crippen molar-refractivity contribution in [3.63, 3.8) is 0 Å². The number of methoxy groups -OCH3 is 1. The lowest BCUT2D eigenvalue weighted by atomic mass is 10.4. The van der Waals surface area contributed by atoms with Gasteiger partial charge in [-0.2, -0.15) is 0 Å². The third-order valence-corrected chi connectivity index (χ3v) is 1.54. The number of rotatable bonds is 4. The molecule has 0 amide bonds. The topological polar surface area (TPSA) is 84.3 Å². The van der Waals surface area contributed by atoms with Crippen LogP contribution in [0.4, 0.5) is 0 Å². The Bertz CT molecular complexity index is 352. The number of hydrogen-bond acceptors (Lipinski definition) is 3. The molecule has 1 heterocycles. The first kappa shape index (κ1) is 9.53. The van der Waals surface area contributed by atoms with Gasteiger partial charge >= 0.3 is 5.97 Å². The maximum Gasteiger partial charge on any atom is 0.354 e. The predicted octanol–water partition coefficient (Wildman–Crippen LogP) is -0.479. The van der Waals surface area contributed by atoms with E-state index in [2.05, 4.69) is 5.10 Å². The molecule has 1 aromatic heterocycles. The Morgan fingerprint density at radius 3 is 3.00 bits per heavy atom. The fourth-order valence-corrected chi connectivity index (χ4v) is 0.964. The van der Waals surface area contributed by atoms with E-state index in [0.717, 1.165) is 6.07 Å². The first-order valence-corrected chi connectivity index (χ1v) is 3.67. The summed E-state index contributed by atoms with van der Waals surface area (Å²) in [6.07, 6.45) is 0. The van der Waals surface area contributed by atoms with Crippen molar-refractivity contribution in [2.75, 3.05) is 13.7 Å². The molecule has 6 heteroatoms. The second kappa shape index (κ2) is 3.90. The molecule has 0 aliphatic carbocycles. The van der Waals surface area contributed by atoms with Crippen molar-refractivity contribution in [2.45, 2.75) is 6.54 Å². The largest absolute Gasteiger partial charge is 0.477 e. The number of aromatic carboxylic acids is 1. The summed E-state index contributed by atoms with van der Waals surface area (Å²) in [4.78, 5) is 21.4. The number of carboxylic acid groups (broad SMARTS) is 1. The number of nitrogens with zero attached hydrogens (tertiary/aromatic N) is 1. The Balaban J connectivity index is 2.91. The van der Waals surface area contributed by atoms with E-state index in [4.69, 9.17) is 9.84 Å². The van der Waals surface area contributed by atoms with Crippen molar-refractivity contribution >= 4 is 5.97 Å². The van der Waals surface area contributed by atoms with Crippen LogP contribution < -0.4 is 5.56 Å². The highest BCUT2D eigenvalue weighted by atomic mass is 16.5. The number of carbonyl (C=O) groups is 1. The first-order chi connectivity index (χ1) is 6.15. The van der Waals surface area contributed by atoms with Gasteiger partial charge < -0.3 is 9.84 Å². The quantitative estimate of drug-likeness (QED) is 0.665. The van der Waals surface area contributed by atoms with Crippen LogP contribution in [-0.4, -0.2) is 34.6 Å². The third kappa shape index (κ3) is 2.19. The van der Waals surface area contributed by atoms with Crippen molar-refractivity contribution < 1.29 is 14.6 Å². The van der Waals surface area contributed by atoms with Gasteiger partial charge in [0.05, 0.1) is 13.2 Å². The Kier molecular flexibility index (Phi) is 2.86. The summed E-state index contributed by atoms with van der Waals surface area (Å²) in [5, 5.41) is 11.0. The van der Waals surface area contributed by atoms with E-state index in [0.29, 0.717) is 13.2 Å². The van der Waals surface area contributed by atoms with E-state index in [1.807, 2.05) is 0 Å². The molecule has 0 fully saturated rings. The van der Waals surface area contributed by atoms with Gasteiger partial charge in [-0.15, -0.1) is 0 Å². The summed E-state index contributed by atoms with van der Waals surface area (Å²) in [6, 6.07) is 1.04. The number of ether oxygens (including phenoxy) is 1. The highest BCUT2D eigenvalue weighted by Gasteiger charge is 2.10. The van der Waals surface area contributed by atoms with Gasteiger partial charge in [0, 0.05) is 13.2 Å². The Morgan fingerprint density at radius 1 is 1.77 bits per heavy atom. The molecule has 1 rings (SSSR count). The number of aromatic amines is 1. The van der Waals surface area contributed by atoms with Gasteiger partial charge in [0.2, 0.25) is 0 Å². The summed E-state index contributed by atoms with van der Waals surface area (Å²) in [7, 11) is 1.50. The molecule has 1 aromatic rings. The average Bonchev–Trinajstić information content (AvgIpc) is 2.43. The lowest BCUT2D eigenvalue weighted by Crippen LogP contribution is -2.14. The molecule has 0 saturated heterocycles. The molecule has 0 aliphatic heterocycles. The SMILES string of the molecule is COCCn1[nH]c(=O)cc1C(=O)O. The third-order valence-electron chi connectivity index (χ3n) is 1.54. The van der Waals surface area contributed by atoms with E-state index >= 15 is 0 Å². The smallest absolute Gasteiger partial charge is 0.354 e. The van der Waals surface area contributed by atoms with E-state index in [9.17, 15) is 9.59 Å². The van der Waals surface area contributed by atoms with Gasteiger partial charge in [-0.05, 0) is 0 Å². The minimum absolute atomic E-state index is 0.0537. The first-order valence-electron chi connectivity index (χ1n) is 3.67. The van der Waals surface area contributed by atoms with Crippen molar-refractivity contribution in [1.82, 2.24) is 9.78 Å². The minimum atomic E-state index is -1.13. The van der Waals surface area contributed by atoms with Crippen LogP contribution in [0.15, 0.2) is 10.9 Å². The van der Waals surface area contributed by atoms with Gasteiger partial charge in [0.15, 0.2) is 0 Å². The zero-order chi connectivity index (χ0) is 9.84. The summed E-state index contributed by atoms with van der Waals surface area (Å²) >= 11 is 0. The highest BCUT2D eigenvalue weighted by Crippen LogP contribution is 1.94. The standard InChI is InChI=1S/C7H10N2O4/c1-13-3-2-9-5(7(11)12)4-6(10)8-9/h4H,2-3H2,1H3,(H,8,10)(H,11,12). The Morgan fingerprint density at radius 2 is 2.46 bits per heavy atom. The van der Waals surface area contributed by atoms with Gasteiger partial charge in [-0.3, -0.25) is 14.6 Å². The number of hydrogen-bond donors (Lipinski definition) is 2. The van der Waals surface area contributed by atoms with Crippen LogP contribution in [0.5, 0.6) is 0 Å². The molecule has 0 atom stereocenters. The Labute approximate surface area is 73.7 Å². The van der Waals surface area contributed by atoms with Gasteiger partial charge in [0.1, 0.15) is 5.69 Å². The van der Waals surface area contributed by atoms with Crippen molar-refractivity contribution in [2.24, 2.45) is 0 Å². The summed E-state index contributed by atoms with van der Waals surface area (Å²) in [5.74, 6) is -1.13. The van der Waals surface area contributed by atoms with Crippen LogP contribution in [0.25, 0.3) is 0 Å². The lowest BCUT2D eigenvalue weighted by Gasteiger charge is -2.03. The molecule has 0 aliphatic rings. The van der Waals surface area contributed by atoms with Crippen molar-refractivity contribution in [3.8, 4) is 0 Å². The number of aromatic nitrogens is 2. The van der Waals surface area contributed by atoms with Crippen LogP contribution in [-0.2, 0) is 11.3 Å². The molecule has 0 aromatic carbocycles. The summed E-state index contributed by atoms with van der Waals surface area (Å²) in [6.45, 7) is 0.672. The number of nitrogens with one attached hydrogen (secondary N) is 1. The summed E-state index contributed by atoms with van der Waals surface area (Å²) < 4.78 is 6.00. The maximum absolute atomic E-state index is 10.8. The van der Waals surface area contributed by atoms with E-state index < -0.39 is 11.5 Å². The van der Waals surface area contributed by atoms with Gasteiger partial charge in [-0.1, -0.05) is 0 Å². The fraction of sp³-hybridized carbons (Fsp3) is 0.429. The molecule has 2 N–H and O–H groups in total. The van der Waals surface area contributed by atoms with Gasteiger partial charge in [0.25, 0.3) is 5.56 Å². The van der Waals surface area contributed by atoms with Crippen LogP contribution in [0, 0.1) is 0 Å². The molecule has 0 radical (unpaired) electrons. The fourth-order valence-electron chi connectivity index (χ4n) is 0.964. The zero-order valence-electron chi connectivity index (χ0n) is 7.11. The van der Waals surface area contributed by atoms with Crippen LogP contribution >= 0.6 is 0 Å². The van der Waals surface area contributed by atoms with Crippen molar-refractivity contribution in [3.05, 3.63) is 22.1 Å². The van der Waals surface area contributed by atoms with E-state index in [-0.39, 0.29) is 5.69 Å². The highest BCUT2D eigenvalue weighted by molar-refractivity contribution is 5.85. The molecule has 72 valence electrons. The van der Waals surface area contributed by atoms with Crippen LogP contribution in [0.3, 0.4) is 0 Å². The van der Waals surface area contributed by atoms with Crippen LogP contribution in [0.2, 0.25) is 0 Å². The summed E-state index contributed by atoms with van der Waals surface area (Å²) in [5.41, 5.74) is -0.476. The monoisotopic (exact) mass is 186 g/mol. The zero-order valence-corrected chi connectivity index (χ0v) is 7.11. The molecular formula is C7H10N2O4. The van der Waals surface area contributed by atoms with E-state index in [1.165, 1.54) is 11.8 Å². The predicted molar refractivity (Wildman–Crippen MR) is 43.9 cm³/mol.